The average Bonchev–Trinajstić information content (AvgIpc) is 3.21. The van der Waals surface area contributed by atoms with Crippen molar-refractivity contribution < 1.29 is 34.0 Å². The zero-order valence-corrected chi connectivity index (χ0v) is 18.6. The molecule has 0 aromatic carbocycles. The first-order valence-corrected chi connectivity index (χ1v) is 11.7. The summed E-state index contributed by atoms with van der Waals surface area (Å²) in [5.41, 5.74) is 5.14. The number of aliphatic hydroxyl groups excluding tert-OH is 2. The minimum Gasteiger partial charge on any atom is -0.387 e. The van der Waals surface area contributed by atoms with E-state index in [4.69, 9.17) is 15.0 Å². The van der Waals surface area contributed by atoms with E-state index in [2.05, 4.69) is 15.0 Å². The van der Waals surface area contributed by atoms with Crippen LogP contribution in [-0.2, 0) is 13.8 Å². The van der Waals surface area contributed by atoms with Crippen molar-refractivity contribution in [2.75, 3.05) is 5.73 Å². The number of hydrogen-bond donors (Lipinski definition) is 5. The normalized spacial score (nSPS) is 33.5. The molecule has 2 bridgehead atoms. The molecular formula is C18H28N5O7P. The zero-order valence-electron chi connectivity index (χ0n) is 17.7. The molecular weight excluding hydrogens is 429 g/mol. The van der Waals surface area contributed by atoms with Gasteiger partial charge in [-0.2, -0.15) is 0 Å². The largest absolute Gasteiger partial charge is 0.387 e. The molecule has 0 aliphatic carbocycles. The Morgan fingerprint density at radius 1 is 1.26 bits per heavy atom. The first kappa shape index (κ1) is 22.5. The number of aromatic nitrogens is 4. The number of anilines is 1. The molecule has 1 fully saturated rings. The van der Waals surface area contributed by atoms with Crippen LogP contribution >= 0.6 is 7.60 Å². The van der Waals surface area contributed by atoms with Crippen molar-refractivity contribution in [3.63, 3.8) is 0 Å². The molecule has 8 atom stereocenters. The number of rotatable bonds is 6. The summed E-state index contributed by atoms with van der Waals surface area (Å²) in [7, 11) is -4.55. The topological polar surface area (TPSA) is 186 Å². The first-order valence-electron chi connectivity index (χ1n) is 10.1. The lowest BCUT2D eigenvalue weighted by molar-refractivity contribution is -0.109. The minimum absolute atomic E-state index is 0.0147. The van der Waals surface area contributed by atoms with E-state index in [0.717, 1.165) is 0 Å². The second-order valence-corrected chi connectivity index (χ2v) is 10.8. The quantitative estimate of drug-likeness (QED) is 0.383. The predicted octanol–water partition coefficient (Wildman–Crippen LogP) is 0.614. The highest BCUT2D eigenvalue weighted by molar-refractivity contribution is 7.54. The van der Waals surface area contributed by atoms with Crippen LogP contribution in [0.3, 0.4) is 0 Å². The molecule has 0 saturated carbocycles. The highest BCUT2D eigenvalue weighted by Gasteiger charge is 2.61. The first-order chi connectivity index (χ1) is 14.4. The van der Waals surface area contributed by atoms with Gasteiger partial charge < -0.3 is 30.7 Å². The zero-order chi connectivity index (χ0) is 22.9. The van der Waals surface area contributed by atoms with E-state index in [1.807, 2.05) is 0 Å². The van der Waals surface area contributed by atoms with Gasteiger partial charge in [0, 0.05) is 0 Å². The summed E-state index contributed by atoms with van der Waals surface area (Å²) in [6.07, 6.45) is -3.09. The van der Waals surface area contributed by atoms with Gasteiger partial charge in [0.2, 0.25) is 0 Å². The summed E-state index contributed by atoms with van der Waals surface area (Å²) in [6, 6.07) is 0. The average molecular weight is 457 g/mol. The van der Waals surface area contributed by atoms with Gasteiger partial charge in [0.25, 0.3) is 0 Å². The Morgan fingerprint density at radius 2 is 1.94 bits per heavy atom. The number of nitrogens with zero attached hydrogens (tertiary/aromatic N) is 4. The van der Waals surface area contributed by atoms with Crippen molar-refractivity contribution in [3.8, 4) is 0 Å². The maximum atomic E-state index is 13.0. The second-order valence-electron chi connectivity index (χ2n) is 8.57. The molecule has 0 spiro atoms. The minimum atomic E-state index is -4.55. The monoisotopic (exact) mass is 457 g/mol. The molecule has 1 saturated heterocycles. The maximum Gasteiger partial charge on any atom is 0.359 e. The molecule has 4 rings (SSSR count). The lowest BCUT2D eigenvalue weighted by atomic mass is 9.80. The van der Waals surface area contributed by atoms with Crippen molar-refractivity contribution in [1.82, 2.24) is 19.5 Å². The van der Waals surface area contributed by atoms with Crippen molar-refractivity contribution in [3.05, 3.63) is 12.2 Å². The molecule has 4 unspecified atom stereocenters. The molecule has 2 aliphatic rings. The molecule has 31 heavy (non-hydrogen) atoms. The fourth-order valence-corrected chi connectivity index (χ4v) is 5.68. The van der Waals surface area contributed by atoms with Crippen molar-refractivity contribution in [2.45, 2.75) is 81.9 Å². The van der Waals surface area contributed by atoms with Gasteiger partial charge in [-0.05, 0) is 26.7 Å². The molecule has 13 heteroatoms. The van der Waals surface area contributed by atoms with Gasteiger partial charge in [-0.15, -0.1) is 0 Å². The van der Waals surface area contributed by atoms with E-state index < -0.39 is 49.0 Å². The van der Waals surface area contributed by atoms with E-state index in [9.17, 15) is 24.8 Å². The highest BCUT2D eigenvalue weighted by Crippen LogP contribution is 2.62. The molecule has 4 heterocycles. The molecule has 2 aromatic heterocycles. The number of ether oxygens (including phenoxy) is 1. The number of fused-ring (bicyclic) bond motifs is 6. The number of hydrogen-bond acceptors (Lipinski definition) is 10. The third kappa shape index (κ3) is 3.12. The van der Waals surface area contributed by atoms with Crippen molar-refractivity contribution >= 4 is 24.6 Å². The third-order valence-corrected chi connectivity index (χ3v) is 8.84. The SMILES string of the molecule is CCC(C)(OP(=O)(O)C(C)(O)CC)[C@H]1c2nc3c(N)ncnc3n2[C@@H]2OC1[C@@H](O)[C@H]2O. The van der Waals surface area contributed by atoms with Gasteiger partial charge >= 0.3 is 7.60 Å². The number of nitrogens with two attached hydrogens (primary N) is 1. The Balaban J connectivity index is 1.91. The van der Waals surface area contributed by atoms with E-state index >= 15 is 0 Å². The molecule has 12 nitrogen and oxygen atoms in total. The summed E-state index contributed by atoms with van der Waals surface area (Å²) in [5, 5.41) is 29.8. The number of imidazole rings is 1. The van der Waals surface area contributed by atoms with E-state index in [1.165, 1.54) is 17.8 Å². The third-order valence-electron chi connectivity index (χ3n) is 6.64. The summed E-state index contributed by atoms with van der Waals surface area (Å²) >= 11 is 0. The van der Waals surface area contributed by atoms with Gasteiger partial charge in [-0.3, -0.25) is 13.7 Å². The smallest absolute Gasteiger partial charge is 0.359 e. The van der Waals surface area contributed by atoms with Crippen LogP contribution < -0.4 is 5.73 Å². The van der Waals surface area contributed by atoms with Crippen LogP contribution in [0.1, 0.15) is 58.5 Å². The lowest BCUT2D eigenvalue weighted by Gasteiger charge is -2.44. The summed E-state index contributed by atoms with van der Waals surface area (Å²) in [5.74, 6) is -0.431. The van der Waals surface area contributed by atoms with Crippen LogP contribution in [0.4, 0.5) is 5.82 Å². The molecule has 172 valence electrons. The van der Waals surface area contributed by atoms with Gasteiger partial charge in [-0.1, -0.05) is 13.8 Å². The van der Waals surface area contributed by atoms with Gasteiger partial charge in [0.1, 0.15) is 30.5 Å². The van der Waals surface area contributed by atoms with Crippen LogP contribution in [0.5, 0.6) is 0 Å². The molecule has 2 aliphatic heterocycles. The van der Waals surface area contributed by atoms with Crippen LogP contribution in [0.2, 0.25) is 0 Å². The van der Waals surface area contributed by atoms with Crippen molar-refractivity contribution in [1.29, 1.82) is 0 Å². The molecule has 2 aromatic rings. The van der Waals surface area contributed by atoms with Crippen molar-refractivity contribution in [2.24, 2.45) is 0 Å². The van der Waals surface area contributed by atoms with Crippen LogP contribution in [0.15, 0.2) is 6.33 Å². The number of nitrogen functional groups attached to an aromatic ring is 1. The summed E-state index contributed by atoms with van der Waals surface area (Å²) < 4.78 is 26.3. The van der Waals surface area contributed by atoms with Crippen LogP contribution in [0.25, 0.3) is 11.2 Å². The fourth-order valence-electron chi connectivity index (χ4n) is 4.28. The Morgan fingerprint density at radius 3 is 2.55 bits per heavy atom. The van der Waals surface area contributed by atoms with E-state index in [-0.39, 0.29) is 24.2 Å². The number of aliphatic hydroxyl groups is 3. The van der Waals surface area contributed by atoms with E-state index in [0.29, 0.717) is 11.5 Å². The molecule has 0 radical (unpaired) electrons. The Labute approximate surface area is 178 Å². The maximum absolute atomic E-state index is 13.0. The second kappa shape index (κ2) is 7.17. The standard InChI is InChI=1S/C18H28N5O7P/c1-5-17(3,30-31(27,28)18(4,26)6-2)8-12-10(24)11(25)16(29-12)23-14(8)22-9-13(19)20-7-21-15(9)23/h7-8,10-12,16,24-26H,5-6H2,1-4H3,(H,27,28)(H2,19,20,21)/t8-,10+,11-,12?,16-,17?,18?/m1/s1. The summed E-state index contributed by atoms with van der Waals surface area (Å²) in [6.45, 7) is 6.14. The lowest BCUT2D eigenvalue weighted by Crippen LogP contribution is -2.48. The highest BCUT2D eigenvalue weighted by atomic mass is 31.2. The van der Waals surface area contributed by atoms with E-state index in [1.54, 1.807) is 20.8 Å². The Kier molecular flexibility index (Phi) is 5.21. The Bertz CT molecular complexity index is 1060. The van der Waals surface area contributed by atoms with Crippen LogP contribution in [0, 0.1) is 0 Å². The van der Waals surface area contributed by atoms with Gasteiger partial charge in [-0.25, -0.2) is 15.0 Å². The van der Waals surface area contributed by atoms with Gasteiger partial charge in [0.15, 0.2) is 28.6 Å². The van der Waals surface area contributed by atoms with Crippen LogP contribution in [-0.4, -0.2) is 69.0 Å². The molecule has 0 amide bonds. The fraction of sp³-hybridized carbons (Fsp3) is 0.722. The summed E-state index contributed by atoms with van der Waals surface area (Å²) in [4.78, 5) is 23.3. The Hall–Kier alpha value is -1.66. The van der Waals surface area contributed by atoms with Gasteiger partial charge in [0.05, 0.1) is 11.5 Å². The molecule has 6 N–H and O–H groups in total. The predicted molar refractivity (Wildman–Crippen MR) is 109 cm³/mol.